The van der Waals surface area contributed by atoms with Gasteiger partial charge in [-0.3, -0.25) is 4.79 Å². The molecule has 0 aliphatic carbocycles. The number of carbonyl (C=O) groups excluding carboxylic acids is 1. The Hall–Kier alpha value is -0.530. The van der Waals surface area contributed by atoms with Gasteiger partial charge in [-0.1, -0.05) is 0 Å². The van der Waals surface area contributed by atoms with E-state index in [1.54, 1.807) is 0 Å². The van der Waals surface area contributed by atoms with Gasteiger partial charge in [0.25, 0.3) is 0 Å². The Morgan fingerprint density at radius 3 is 2.80 bits per heavy atom. The number of Topliss-reactive ketones (excluding diaryl/α,β-unsaturated/α-hetero) is 1. The quantitative estimate of drug-likeness (QED) is 0.340. The first-order valence-electron chi connectivity index (χ1n) is 4.95. The molecule has 0 aromatic carbocycles. The van der Waals surface area contributed by atoms with Crippen molar-refractivity contribution in [2.75, 3.05) is 6.61 Å². The van der Waals surface area contributed by atoms with Crippen molar-refractivity contribution < 1.29 is 25.2 Å². The molecule has 0 saturated carbocycles. The fourth-order valence-electron chi connectivity index (χ4n) is 2.59. The second kappa shape index (κ2) is 3.50. The van der Waals surface area contributed by atoms with E-state index in [9.17, 15) is 20.1 Å². The first-order chi connectivity index (χ1) is 7.01. The topological polar surface area (TPSA) is 110 Å². The molecule has 2 aliphatic heterocycles. The normalized spacial score (nSPS) is 46.9. The summed E-state index contributed by atoms with van der Waals surface area (Å²) in [6, 6.07) is -0.526. The zero-order valence-corrected chi connectivity index (χ0v) is 8.13. The molecule has 5 N–H and O–H groups in total. The van der Waals surface area contributed by atoms with E-state index >= 15 is 0 Å². The third-order valence-electron chi connectivity index (χ3n) is 3.42. The Morgan fingerprint density at radius 2 is 2.20 bits per heavy atom. The van der Waals surface area contributed by atoms with Gasteiger partial charge < -0.3 is 25.7 Å². The lowest BCUT2D eigenvalue weighted by Gasteiger charge is -2.38. The molecule has 2 rings (SSSR count). The van der Waals surface area contributed by atoms with Gasteiger partial charge in [-0.25, -0.2) is 0 Å². The minimum Gasteiger partial charge on any atom is -0.394 e. The zero-order valence-electron chi connectivity index (χ0n) is 8.13. The standard InChI is InChI=1S/C9H15NO5/c11-3-6(13)9-2-4(12)1-5(10-9)7(14)8(9)15/h5-8,10-11,13-15H,1-3H2/t5-,6?,7-,8-,9-/m1/s1. The molecule has 0 radical (unpaired) electrons. The third kappa shape index (κ3) is 1.41. The van der Waals surface area contributed by atoms with E-state index in [-0.39, 0.29) is 18.6 Å². The number of carbonyl (C=O) groups is 1. The third-order valence-corrected chi connectivity index (χ3v) is 3.42. The first-order valence-corrected chi connectivity index (χ1v) is 4.95. The molecule has 0 amide bonds. The molecule has 0 spiro atoms. The SMILES string of the molecule is O=C1C[C@H]2N[C@@](C(O)CO)(C1)[C@H](O)[C@@H]2O. The predicted molar refractivity (Wildman–Crippen MR) is 49.0 cm³/mol. The molecular weight excluding hydrogens is 202 g/mol. The molecule has 5 atom stereocenters. The van der Waals surface area contributed by atoms with Crippen molar-refractivity contribution in [3.05, 3.63) is 0 Å². The molecule has 2 bridgehead atoms. The van der Waals surface area contributed by atoms with Gasteiger partial charge in [0.2, 0.25) is 0 Å². The van der Waals surface area contributed by atoms with Gasteiger partial charge >= 0.3 is 0 Å². The summed E-state index contributed by atoms with van der Waals surface area (Å²) in [7, 11) is 0. The van der Waals surface area contributed by atoms with Crippen LogP contribution < -0.4 is 5.32 Å². The summed E-state index contributed by atoms with van der Waals surface area (Å²) in [5, 5.41) is 40.8. The second-order valence-electron chi connectivity index (χ2n) is 4.34. The highest BCUT2D eigenvalue weighted by Crippen LogP contribution is 2.36. The van der Waals surface area contributed by atoms with Crippen LogP contribution in [0.3, 0.4) is 0 Å². The van der Waals surface area contributed by atoms with Crippen LogP contribution in [0.1, 0.15) is 12.8 Å². The van der Waals surface area contributed by atoms with Crippen LogP contribution in [0.5, 0.6) is 0 Å². The number of aliphatic hydroxyl groups excluding tert-OH is 4. The maximum absolute atomic E-state index is 11.4. The minimum absolute atomic E-state index is 0.0660. The maximum Gasteiger partial charge on any atom is 0.136 e. The number of rotatable bonds is 2. The number of piperidine rings is 1. The highest BCUT2D eigenvalue weighted by molar-refractivity contribution is 5.82. The number of hydrogen-bond donors (Lipinski definition) is 5. The minimum atomic E-state index is -1.28. The Morgan fingerprint density at radius 1 is 1.53 bits per heavy atom. The van der Waals surface area contributed by atoms with E-state index in [1.165, 1.54) is 0 Å². The van der Waals surface area contributed by atoms with Crippen LogP contribution >= 0.6 is 0 Å². The fraction of sp³-hybridized carbons (Fsp3) is 0.889. The number of hydrogen-bond acceptors (Lipinski definition) is 6. The van der Waals surface area contributed by atoms with Crippen molar-refractivity contribution >= 4 is 5.78 Å². The van der Waals surface area contributed by atoms with Crippen LogP contribution in [0.2, 0.25) is 0 Å². The maximum atomic E-state index is 11.4. The van der Waals surface area contributed by atoms with Crippen LogP contribution in [0.25, 0.3) is 0 Å². The van der Waals surface area contributed by atoms with E-state index in [4.69, 9.17) is 5.11 Å². The second-order valence-corrected chi connectivity index (χ2v) is 4.34. The Kier molecular flexibility index (Phi) is 2.56. The van der Waals surface area contributed by atoms with Gasteiger partial charge in [0, 0.05) is 18.9 Å². The van der Waals surface area contributed by atoms with Gasteiger partial charge in [0.15, 0.2) is 0 Å². The van der Waals surface area contributed by atoms with Crippen molar-refractivity contribution in [2.24, 2.45) is 0 Å². The molecule has 2 saturated heterocycles. The van der Waals surface area contributed by atoms with E-state index in [0.29, 0.717) is 0 Å². The van der Waals surface area contributed by atoms with E-state index in [1.807, 2.05) is 0 Å². The number of fused-ring (bicyclic) bond motifs is 2. The molecular formula is C9H15NO5. The summed E-state index contributed by atoms with van der Waals surface area (Å²) in [4.78, 5) is 11.4. The molecule has 2 aliphatic rings. The Balaban J connectivity index is 2.32. The van der Waals surface area contributed by atoms with Crippen molar-refractivity contribution in [1.29, 1.82) is 0 Å². The molecule has 1 unspecified atom stereocenters. The van der Waals surface area contributed by atoms with E-state index in [0.717, 1.165) is 0 Å². The average molecular weight is 217 g/mol. The lowest BCUT2D eigenvalue weighted by atomic mass is 9.82. The van der Waals surface area contributed by atoms with E-state index < -0.39 is 36.5 Å². The number of aliphatic hydroxyl groups is 4. The van der Waals surface area contributed by atoms with Gasteiger partial charge in [-0.05, 0) is 0 Å². The Bertz CT molecular complexity index is 284. The summed E-state index contributed by atoms with van der Waals surface area (Å²) in [5.41, 5.74) is -1.28. The zero-order chi connectivity index (χ0) is 11.2. The summed E-state index contributed by atoms with van der Waals surface area (Å²) in [5.74, 6) is -0.123. The van der Waals surface area contributed by atoms with Crippen molar-refractivity contribution in [2.45, 2.75) is 42.7 Å². The van der Waals surface area contributed by atoms with Crippen LogP contribution in [-0.2, 0) is 4.79 Å². The van der Waals surface area contributed by atoms with Gasteiger partial charge in [-0.2, -0.15) is 0 Å². The molecule has 0 aromatic rings. The van der Waals surface area contributed by atoms with Gasteiger partial charge in [-0.15, -0.1) is 0 Å². The summed E-state index contributed by atoms with van der Waals surface area (Å²) < 4.78 is 0. The van der Waals surface area contributed by atoms with Crippen LogP contribution in [0.15, 0.2) is 0 Å². The average Bonchev–Trinajstić information content (AvgIpc) is 2.40. The lowest BCUT2D eigenvalue weighted by Crippen LogP contribution is -2.62. The smallest absolute Gasteiger partial charge is 0.136 e. The van der Waals surface area contributed by atoms with Gasteiger partial charge in [0.1, 0.15) is 11.9 Å². The molecule has 2 fully saturated rings. The Labute approximate surface area is 86.5 Å². The summed E-state index contributed by atoms with van der Waals surface area (Å²) in [6.07, 6.45) is -3.47. The van der Waals surface area contributed by atoms with Gasteiger partial charge in [0.05, 0.1) is 24.4 Å². The first kappa shape index (κ1) is 11.0. The highest BCUT2D eigenvalue weighted by Gasteiger charge is 2.59. The van der Waals surface area contributed by atoms with E-state index in [2.05, 4.69) is 5.32 Å². The van der Waals surface area contributed by atoms with Crippen LogP contribution in [-0.4, -0.2) is 62.7 Å². The van der Waals surface area contributed by atoms with Crippen molar-refractivity contribution in [3.63, 3.8) is 0 Å². The highest BCUT2D eigenvalue weighted by atomic mass is 16.3. The molecule has 2 heterocycles. The molecule has 15 heavy (non-hydrogen) atoms. The summed E-state index contributed by atoms with van der Waals surface area (Å²) in [6.45, 7) is -0.559. The predicted octanol–water partition coefficient (Wildman–Crippen LogP) is -2.87. The molecule has 86 valence electrons. The van der Waals surface area contributed by atoms with Crippen LogP contribution in [0.4, 0.5) is 0 Å². The molecule has 6 heteroatoms. The number of nitrogens with one attached hydrogen (secondary N) is 1. The fourth-order valence-corrected chi connectivity index (χ4v) is 2.59. The van der Waals surface area contributed by atoms with Crippen molar-refractivity contribution in [3.8, 4) is 0 Å². The molecule has 6 nitrogen and oxygen atoms in total. The summed E-state index contributed by atoms with van der Waals surface area (Å²) >= 11 is 0. The van der Waals surface area contributed by atoms with Crippen LogP contribution in [0, 0.1) is 0 Å². The lowest BCUT2D eigenvalue weighted by molar-refractivity contribution is -0.127. The number of ketones is 1. The monoisotopic (exact) mass is 217 g/mol. The van der Waals surface area contributed by atoms with Crippen molar-refractivity contribution in [1.82, 2.24) is 5.32 Å². The largest absolute Gasteiger partial charge is 0.394 e. The molecule has 0 aromatic heterocycles.